The molecule has 1 atom stereocenters. The summed E-state index contributed by atoms with van der Waals surface area (Å²) >= 11 is 0. The van der Waals surface area contributed by atoms with E-state index in [0.29, 0.717) is 12.0 Å². The molecular formula is C20H39N3O2. The molecule has 1 heterocycles. The Kier molecular flexibility index (Phi) is 9.63. The van der Waals surface area contributed by atoms with Crippen LogP contribution in [0.3, 0.4) is 0 Å². The molecule has 0 aromatic heterocycles. The van der Waals surface area contributed by atoms with Crippen molar-refractivity contribution >= 4 is 5.96 Å². The first-order valence-electron chi connectivity index (χ1n) is 10.4. The third-order valence-electron chi connectivity index (χ3n) is 5.49. The summed E-state index contributed by atoms with van der Waals surface area (Å²) in [6.45, 7) is 11.9. The number of nitrogens with one attached hydrogen (secondary N) is 2. The van der Waals surface area contributed by atoms with Crippen LogP contribution in [0.1, 0.15) is 59.3 Å². The Hall–Kier alpha value is -0.810. The maximum absolute atomic E-state index is 5.75. The van der Waals surface area contributed by atoms with E-state index in [1.807, 2.05) is 0 Å². The summed E-state index contributed by atoms with van der Waals surface area (Å²) in [4.78, 5) is 4.72. The smallest absolute Gasteiger partial charge is 0.191 e. The quantitative estimate of drug-likeness (QED) is 0.380. The third kappa shape index (κ3) is 7.95. The molecule has 2 aliphatic rings. The van der Waals surface area contributed by atoms with Gasteiger partial charge in [-0.2, -0.15) is 0 Å². The molecule has 5 nitrogen and oxygen atoms in total. The van der Waals surface area contributed by atoms with Gasteiger partial charge in [-0.05, 0) is 57.3 Å². The highest BCUT2D eigenvalue weighted by Crippen LogP contribution is 2.29. The Balaban J connectivity index is 1.60. The molecule has 0 aromatic carbocycles. The van der Waals surface area contributed by atoms with E-state index in [4.69, 9.17) is 14.5 Å². The summed E-state index contributed by atoms with van der Waals surface area (Å²) in [5.74, 6) is 3.29. The Morgan fingerprint density at radius 1 is 1.20 bits per heavy atom. The van der Waals surface area contributed by atoms with Crippen LogP contribution in [-0.4, -0.2) is 51.5 Å². The highest BCUT2D eigenvalue weighted by Gasteiger charge is 2.23. The molecule has 0 spiro atoms. The van der Waals surface area contributed by atoms with Gasteiger partial charge in [-0.1, -0.05) is 13.8 Å². The van der Waals surface area contributed by atoms with Gasteiger partial charge in [-0.15, -0.1) is 0 Å². The Morgan fingerprint density at radius 3 is 2.64 bits per heavy atom. The minimum absolute atomic E-state index is 0.575. The van der Waals surface area contributed by atoms with Gasteiger partial charge in [0.25, 0.3) is 0 Å². The van der Waals surface area contributed by atoms with Crippen LogP contribution in [0.25, 0.3) is 0 Å². The van der Waals surface area contributed by atoms with E-state index in [9.17, 15) is 0 Å². The van der Waals surface area contributed by atoms with E-state index in [1.165, 1.54) is 25.7 Å². The largest absolute Gasteiger partial charge is 0.381 e. The number of rotatable bonds is 9. The zero-order valence-electron chi connectivity index (χ0n) is 16.6. The van der Waals surface area contributed by atoms with E-state index in [1.54, 1.807) is 0 Å². The lowest BCUT2D eigenvalue weighted by molar-refractivity contribution is 0.0893. The SMILES string of the molecule is CCNC(=NCCCOCC1CCOC1)NC1CCC(C(C)C)CC1. The molecule has 2 fully saturated rings. The predicted octanol–water partition coefficient (Wildman–Crippen LogP) is 3.20. The number of nitrogens with zero attached hydrogens (tertiary/aromatic N) is 1. The molecule has 25 heavy (non-hydrogen) atoms. The first kappa shape index (κ1) is 20.5. The van der Waals surface area contributed by atoms with Crippen LogP contribution < -0.4 is 10.6 Å². The minimum atomic E-state index is 0.575. The van der Waals surface area contributed by atoms with Crippen molar-refractivity contribution in [2.45, 2.75) is 65.3 Å². The second-order valence-corrected chi connectivity index (χ2v) is 7.92. The Labute approximate surface area is 154 Å². The van der Waals surface area contributed by atoms with Gasteiger partial charge in [0.2, 0.25) is 0 Å². The van der Waals surface area contributed by atoms with Gasteiger partial charge < -0.3 is 20.1 Å². The molecule has 1 saturated heterocycles. The topological polar surface area (TPSA) is 54.9 Å². The third-order valence-corrected chi connectivity index (χ3v) is 5.49. The van der Waals surface area contributed by atoms with E-state index < -0.39 is 0 Å². The number of ether oxygens (including phenoxy) is 2. The van der Waals surface area contributed by atoms with Crippen LogP contribution in [0.5, 0.6) is 0 Å². The molecule has 2 N–H and O–H groups in total. The molecule has 1 saturated carbocycles. The maximum atomic E-state index is 5.75. The highest BCUT2D eigenvalue weighted by molar-refractivity contribution is 5.80. The van der Waals surface area contributed by atoms with Crippen LogP contribution in [0.15, 0.2) is 4.99 Å². The van der Waals surface area contributed by atoms with Gasteiger partial charge in [-0.25, -0.2) is 0 Å². The summed E-state index contributed by atoms with van der Waals surface area (Å²) in [6, 6.07) is 0.575. The molecule has 0 radical (unpaired) electrons. The van der Waals surface area contributed by atoms with Crippen molar-refractivity contribution < 1.29 is 9.47 Å². The summed E-state index contributed by atoms with van der Waals surface area (Å²) in [5.41, 5.74) is 0. The molecule has 2 rings (SSSR count). The van der Waals surface area contributed by atoms with Crippen molar-refractivity contribution in [2.75, 3.05) is 39.5 Å². The molecule has 1 unspecified atom stereocenters. The average Bonchev–Trinajstić information content (AvgIpc) is 3.12. The molecule has 1 aliphatic carbocycles. The number of guanidine groups is 1. The molecule has 0 amide bonds. The molecule has 146 valence electrons. The van der Waals surface area contributed by atoms with Crippen molar-refractivity contribution in [1.82, 2.24) is 10.6 Å². The van der Waals surface area contributed by atoms with Gasteiger partial charge in [0.1, 0.15) is 0 Å². The van der Waals surface area contributed by atoms with Crippen molar-refractivity contribution in [3.05, 3.63) is 0 Å². The fourth-order valence-electron chi connectivity index (χ4n) is 3.77. The van der Waals surface area contributed by atoms with Gasteiger partial charge in [-0.3, -0.25) is 4.99 Å². The van der Waals surface area contributed by atoms with Gasteiger partial charge in [0, 0.05) is 38.3 Å². The normalized spacial score (nSPS) is 27.7. The first-order chi connectivity index (χ1) is 12.2. The van der Waals surface area contributed by atoms with Crippen LogP contribution in [0.4, 0.5) is 0 Å². The van der Waals surface area contributed by atoms with Crippen LogP contribution >= 0.6 is 0 Å². The van der Waals surface area contributed by atoms with Crippen molar-refractivity contribution in [3.8, 4) is 0 Å². The van der Waals surface area contributed by atoms with Crippen LogP contribution in [0.2, 0.25) is 0 Å². The van der Waals surface area contributed by atoms with E-state index in [2.05, 4.69) is 31.4 Å². The van der Waals surface area contributed by atoms with Crippen LogP contribution in [0, 0.1) is 17.8 Å². The second-order valence-electron chi connectivity index (χ2n) is 7.92. The molecule has 0 aromatic rings. The average molecular weight is 354 g/mol. The maximum Gasteiger partial charge on any atom is 0.191 e. The number of hydrogen-bond donors (Lipinski definition) is 2. The van der Waals surface area contributed by atoms with Gasteiger partial charge in [0.05, 0.1) is 13.2 Å². The lowest BCUT2D eigenvalue weighted by atomic mass is 9.80. The summed E-state index contributed by atoms with van der Waals surface area (Å²) in [6.07, 6.45) is 7.33. The summed E-state index contributed by atoms with van der Waals surface area (Å²) in [5, 5.41) is 7.01. The number of hydrogen-bond acceptors (Lipinski definition) is 3. The highest BCUT2D eigenvalue weighted by atomic mass is 16.5. The fourth-order valence-corrected chi connectivity index (χ4v) is 3.77. The standard InChI is InChI=1S/C20H39N3O2/c1-4-21-20(23-19-8-6-18(7-9-19)16(2)3)22-11-5-12-24-14-17-10-13-25-15-17/h16-19H,4-15H2,1-3H3,(H2,21,22,23). The predicted molar refractivity (Wildman–Crippen MR) is 104 cm³/mol. The Morgan fingerprint density at radius 2 is 2.00 bits per heavy atom. The Bertz CT molecular complexity index is 373. The van der Waals surface area contributed by atoms with Gasteiger partial charge in [0.15, 0.2) is 5.96 Å². The lowest BCUT2D eigenvalue weighted by Gasteiger charge is -2.32. The number of aliphatic imine (C=N–C) groups is 1. The fraction of sp³-hybridized carbons (Fsp3) is 0.950. The molecular weight excluding hydrogens is 314 g/mol. The van der Waals surface area contributed by atoms with Crippen LogP contribution in [-0.2, 0) is 9.47 Å². The molecule has 5 heteroatoms. The van der Waals surface area contributed by atoms with Crippen molar-refractivity contribution in [3.63, 3.8) is 0 Å². The first-order valence-corrected chi connectivity index (χ1v) is 10.4. The van der Waals surface area contributed by atoms with Crippen molar-refractivity contribution in [1.29, 1.82) is 0 Å². The summed E-state index contributed by atoms with van der Waals surface area (Å²) in [7, 11) is 0. The second kappa shape index (κ2) is 11.7. The zero-order chi connectivity index (χ0) is 17.9. The zero-order valence-corrected chi connectivity index (χ0v) is 16.6. The molecule has 1 aliphatic heterocycles. The minimum Gasteiger partial charge on any atom is -0.381 e. The lowest BCUT2D eigenvalue weighted by Crippen LogP contribution is -2.45. The van der Waals surface area contributed by atoms with Crippen molar-refractivity contribution in [2.24, 2.45) is 22.7 Å². The van der Waals surface area contributed by atoms with E-state index in [-0.39, 0.29) is 0 Å². The summed E-state index contributed by atoms with van der Waals surface area (Å²) < 4.78 is 11.1. The van der Waals surface area contributed by atoms with Gasteiger partial charge >= 0.3 is 0 Å². The monoisotopic (exact) mass is 353 g/mol. The van der Waals surface area contributed by atoms with E-state index in [0.717, 1.165) is 70.2 Å². The van der Waals surface area contributed by atoms with E-state index >= 15 is 0 Å². The molecule has 0 bridgehead atoms.